The monoisotopic (exact) mass is 350 g/mol. The van der Waals surface area contributed by atoms with Crippen molar-refractivity contribution in [2.45, 2.75) is 18.3 Å². The van der Waals surface area contributed by atoms with Crippen LogP contribution in [0.1, 0.15) is 11.1 Å². The molecule has 1 unspecified atom stereocenters. The molecule has 2 atom stereocenters. The normalized spacial score (nSPS) is 22.2. The van der Waals surface area contributed by atoms with Crippen molar-refractivity contribution in [2.75, 3.05) is 13.2 Å². The minimum atomic E-state index is -1.80. The molecule has 0 radical (unpaired) electrons. The second kappa shape index (κ2) is 6.32. The van der Waals surface area contributed by atoms with E-state index in [1.165, 1.54) is 24.3 Å². The molecule has 0 spiro atoms. The van der Waals surface area contributed by atoms with Crippen LogP contribution in [0.15, 0.2) is 30.3 Å². The number of fused-ring (bicyclic) bond motifs is 1. The number of aliphatic hydroxyl groups excluding tert-OH is 2. The first-order valence-electron chi connectivity index (χ1n) is 7.56. The highest BCUT2D eigenvalue weighted by atomic mass is 16.7. The number of hydrogen-bond donors (Lipinski definition) is 6. The lowest BCUT2D eigenvalue weighted by molar-refractivity contribution is -0.257. The molecule has 0 saturated heterocycles. The summed E-state index contributed by atoms with van der Waals surface area (Å²) in [4.78, 5) is 0. The lowest BCUT2D eigenvalue weighted by Gasteiger charge is -2.42. The molecule has 0 aromatic heterocycles. The van der Waals surface area contributed by atoms with Crippen molar-refractivity contribution in [1.29, 1.82) is 0 Å². The first-order valence-corrected chi connectivity index (χ1v) is 7.56. The Bertz CT molecular complexity index is 790. The van der Waals surface area contributed by atoms with E-state index >= 15 is 0 Å². The molecule has 6 N–H and O–H groups in total. The number of aliphatic hydroxyl groups is 2. The molecule has 0 amide bonds. The number of aromatic hydroxyl groups is 4. The van der Waals surface area contributed by atoms with Crippen LogP contribution < -0.4 is 4.74 Å². The average Bonchev–Trinajstić information content (AvgIpc) is 2.56. The molecular weight excluding hydrogens is 332 g/mol. The van der Waals surface area contributed by atoms with E-state index in [4.69, 9.17) is 14.6 Å². The Morgan fingerprint density at radius 2 is 1.80 bits per heavy atom. The van der Waals surface area contributed by atoms with Crippen LogP contribution in [0.25, 0.3) is 0 Å². The van der Waals surface area contributed by atoms with E-state index in [-0.39, 0.29) is 53.8 Å². The zero-order chi connectivity index (χ0) is 18.2. The predicted molar refractivity (Wildman–Crippen MR) is 84.6 cm³/mol. The Morgan fingerprint density at radius 1 is 1.04 bits per heavy atom. The maximum Gasteiger partial charge on any atom is 0.264 e. The molecule has 1 heterocycles. The molecule has 1 aliphatic heterocycles. The Labute approximate surface area is 142 Å². The van der Waals surface area contributed by atoms with Crippen LogP contribution in [0.3, 0.4) is 0 Å². The van der Waals surface area contributed by atoms with Gasteiger partial charge in [-0.15, -0.1) is 0 Å². The van der Waals surface area contributed by atoms with Crippen LogP contribution >= 0.6 is 0 Å². The van der Waals surface area contributed by atoms with Crippen LogP contribution in [-0.2, 0) is 16.9 Å². The summed E-state index contributed by atoms with van der Waals surface area (Å²) >= 11 is 0. The van der Waals surface area contributed by atoms with Crippen molar-refractivity contribution in [2.24, 2.45) is 0 Å². The van der Waals surface area contributed by atoms with Gasteiger partial charge in [0.25, 0.3) is 5.79 Å². The minimum Gasteiger partial charge on any atom is -0.508 e. The fourth-order valence-corrected chi connectivity index (χ4v) is 2.87. The summed E-state index contributed by atoms with van der Waals surface area (Å²) in [6.45, 7) is -0.529. The Morgan fingerprint density at radius 3 is 2.48 bits per heavy atom. The van der Waals surface area contributed by atoms with Crippen LogP contribution in [-0.4, -0.2) is 50.0 Å². The highest BCUT2D eigenvalue weighted by Crippen LogP contribution is 2.46. The fraction of sp³-hybridized carbons (Fsp3) is 0.294. The zero-order valence-corrected chi connectivity index (χ0v) is 13.1. The van der Waals surface area contributed by atoms with Gasteiger partial charge in [0.15, 0.2) is 11.5 Å². The van der Waals surface area contributed by atoms with E-state index in [9.17, 15) is 25.5 Å². The predicted octanol–water partition coefficient (Wildman–Crippen LogP) is 0.667. The molecule has 134 valence electrons. The summed E-state index contributed by atoms with van der Waals surface area (Å²) in [7, 11) is 0. The van der Waals surface area contributed by atoms with Gasteiger partial charge in [0.05, 0.1) is 13.2 Å². The van der Waals surface area contributed by atoms with Crippen molar-refractivity contribution < 1.29 is 40.1 Å². The van der Waals surface area contributed by atoms with Gasteiger partial charge < -0.3 is 40.1 Å². The van der Waals surface area contributed by atoms with Crippen LogP contribution in [0.4, 0.5) is 0 Å². The molecule has 2 aromatic carbocycles. The van der Waals surface area contributed by atoms with Gasteiger partial charge in [0.2, 0.25) is 0 Å². The maximum absolute atomic E-state index is 10.7. The van der Waals surface area contributed by atoms with Crippen molar-refractivity contribution >= 4 is 0 Å². The number of benzene rings is 2. The summed E-state index contributed by atoms with van der Waals surface area (Å²) in [5, 5.41) is 58.6. The lowest BCUT2D eigenvalue weighted by atomic mass is 9.90. The lowest BCUT2D eigenvalue weighted by Crippen LogP contribution is -2.51. The Balaban J connectivity index is 2.12. The fourth-order valence-electron chi connectivity index (χ4n) is 2.87. The summed E-state index contributed by atoms with van der Waals surface area (Å²) in [5.41, 5.74) is 0.480. The number of rotatable bonds is 4. The van der Waals surface area contributed by atoms with Crippen LogP contribution in [0.5, 0.6) is 28.7 Å². The third-order valence-electron chi connectivity index (χ3n) is 4.05. The Kier molecular flexibility index (Phi) is 4.34. The molecule has 0 bridgehead atoms. The molecular formula is C17H18O8. The molecule has 8 heteroatoms. The van der Waals surface area contributed by atoms with E-state index in [1.54, 1.807) is 0 Å². The van der Waals surface area contributed by atoms with Gasteiger partial charge >= 0.3 is 0 Å². The van der Waals surface area contributed by atoms with Gasteiger partial charge in [-0.25, -0.2) is 0 Å². The van der Waals surface area contributed by atoms with Crippen molar-refractivity contribution in [1.82, 2.24) is 0 Å². The highest BCUT2D eigenvalue weighted by molar-refractivity contribution is 5.52. The van der Waals surface area contributed by atoms with Crippen molar-refractivity contribution in [3.8, 4) is 28.7 Å². The largest absolute Gasteiger partial charge is 0.508 e. The third kappa shape index (κ3) is 2.91. The quantitative estimate of drug-likeness (QED) is 0.442. The first kappa shape index (κ1) is 17.2. The molecule has 2 aromatic rings. The molecule has 25 heavy (non-hydrogen) atoms. The van der Waals surface area contributed by atoms with Crippen LogP contribution in [0, 0.1) is 0 Å². The number of ether oxygens (including phenoxy) is 2. The topological polar surface area (TPSA) is 140 Å². The van der Waals surface area contributed by atoms with Crippen molar-refractivity contribution in [3.05, 3.63) is 41.5 Å². The van der Waals surface area contributed by atoms with Gasteiger partial charge in [-0.2, -0.15) is 0 Å². The third-order valence-corrected chi connectivity index (χ3v) is 4.05. The standard InChI is InChI=1S/C17H18O8/c18-3-4-24-17(9-1-2-12(20)14(22)5-9)16(23)8-11-13(21)6-10(19)7-15(11)25-17/h1-2,5-7,16,18-23H,3-4,8H2/t16-,17?/m1/s1. The van der Waals surface area contributed by atoms with Crippen molar-refractivity contribution in [3.63, 3.8) is 0 Å². The summed E-state index contributed by atoms with van der Waals surface area (Å²) in [6, 6.07) is 6.16. The number of phenolic OH excluding ortho intramolecular Hbond substituents is 4. The van der Waals surface area contributed by atoms with Gasteiger partial charge in [-0.05, 0) is 18.2 Å². The Hall–Kier alpha value is -2.68. The minimum absolute atomic E-state index is 0.0610. The molecule has 8 nitrogen and oxygen atoms in total. The van der Waals surface area contributed by atoms with Gasteiger partial charge in [-0.3, -0.25) is 0 Å². The number of hydrogen-bond acceptors (Lipinski definition) is 8. The maximum atomic E-state index is 10.7. The second-order valence-corrected chi connectivity index (χ2v) is 5.71. The van der Waals surface area contributed by atoms with E-state index in [0.717, 1.165) is 6.07 Å². The highest BCUT2D eigenvalue weighted by Gasteiger charge is 2.48. The summed E-state index contributed by atoms with van der Waals surface area (Å²) in [5.74, 6) is -2.99. The molecule has 3 rings (SSSR count). The van der Waals surface area contributed by atoms with E-state index < -0.39 is 17.6 Å². The summed E-state index contributed by atoms with van der Waals surface area (Å²) in [6.07, 6.45) is -1.36. The second-order valence-electron chi connectivity index (χ2n) is 5.71. The van der Waals surface area contributed by atoms with E-state index in [2.05, 4.69) is 0 Å². The first-order chi connectivity index (χ1) is 11.9. The summed E-state index contributed by atoms with van der Waals surface area (Å²) < 4.78 is 11.4. The van der Waals surface area contributed by atoms with E-state index in [0.29, 0.717) is 0 Å². The molecule has 0 fully saturated rings. The van der Waals surface area contributed by atoms with Gasteiger partial charge in [0.1, 0.15) is 23.4 Å². The molecule has 1 aliphatic rings. The molecule has 0 saturated carbocycles. The van der Waals surface area contributed by atoms with E-state index in [1.807, 2.05) is 0 Å². The SMILES string of the molecule is OCCOC1(c2ccc(O)c(O)c2)Oc2cc(O)cc(O)c2C[C@H]1O. The number of phenols is 4. The van der Waals surface area contributed by atoms with Crippen LogP contribution in [0.2, 0.25) is 0 Å². The smallest absolute Gasteiger partial charge is 0.264 e. The average molecular weight is 350 g/mol. The molecule has 0 aliphatic carbocycles. The van der Waals surface area contributed by atoms with Gasteiger partial charge in [0, 0.05) is 29.7 Å². The van der Waals surface area contributed by atoms with Gasteiger partial charge in [-0.1, -0.05) is 0 Å². The zero-order valence-electron chi connectivity index (χ0n) is 13.1.